The molecule has 3 amide bonds. The third kappa shape index (κ3) is 6.77. The van der Waals surface area contributed by atoms with Crippen LogP contribution in [0.4, 0.5) is 14.9 Å². The van der Waals surface area contributed by atoms with Crippen LogP contribution in [0.5, 0.6) is 11.5 Å². The molecule has 0 saturated carbocycles. The Kier molecular flexibility index (Phi) is 8.25. The van der Waals surface area contributed by atoms with Gasteiger partial charge < -0.3 is 14.8 Å². The highest BCUT2D eigenvalue weighted by atomic mass is 32.2. The fourth-order valence-corrected chi connectivity index (χ4v) is 4.35. The minimum absolute atomic E-state index is 0.204. The van der Waals surface area contributed by atoms with Crippen molar-refractivity contribution in [1.82, 2.24) is 4.90 Å². The first-order chi connectivity index (χ1) is 17.8. The van der Waals surface area contributed by atoms with E-state index in [-0.39, 0.29) is 23.9 Å². The summed E-state index contributed by atoms with van der Waals surface area (Å²) in [6.45, 7) is 4.01. The number of nitrogens with zero attached hydrogens (tertiary/aromatic N) is 1. The Hall–Kier alpha value is -4.11. The van der Waals surface area contributed by atoms with Crippen LogP contribution in [0.25, 0.3) is 6.08 Å². The van der Waals surface area contributed by atoms with Crippen LogP contribution >= 0.6 is 11.8 Å². The van der Waals surface area contributed by atoms with Gasteiger partial charge in [-0.1, -0.05) is 35.9 Å². The molecule has 190 valence electrons. The highest BCUT2D eigenvalue weighted by Crippen LogP contribution is 2.35. The van der Waals surface area contributed by atoms with Crippen molar-refractivity contribution in [2.45, 2.75) is 20.5 Å². The normalized spacial score (nSPS) is 14.2. The van der Waals surface area contributed by atoms with Crippen molar-refractivity contribution in [3.8, 4) is 11.5 Å². The van der Waals surface area contributed by atoms with Crippen molar-refractivity contribution in [3.05, 3.63) is 94.1 Å². The van der Waals surface area contributed by atoms with Crippen LogP contribution in [0.3, 0.4) is 0 Å². The number of aryl methyl sites for hydroxylation is 1. The maximum Gasteiger partial charge on any atom is 0.294 e. The number of hydrogen-bond acceptors (Lipinski definition) is 6. The third-order valence-electron chi connectivity index (χ3n) is 5.38. The Bertz CT molecular complexity index is 1340. The SMILES string of the molecule is CCOc1cc(C=C2SC(=O)N(CC(=O)Nc3ccc(C)cc3)C2=O)ccc1OCc1ccc(F)cc1. The van der Waals surface area contributed by atoms with Crippen molar-refractivity contribution < 1.29 is 28.2 Å². The molecule has 1 aliphatic rings. The standard InChI is InChI=1S/C28H25FN2O5S/c1-3-35-24-14-20(8-13-23(24)36-17-19-6-9-21(29)10-7-19)15-25-27(33)31(28(34)37-25)16-26(32)30-22-11-4-18(2)5-12-22/h4-15H,3,16-17H2,1-2H3,(H,30,32). The number of amides is 3. The van der Waals surface area contributed by atoms with Gasteiger partial charge in [-0.2, -0.15) is 0 Å². The number of carbonyl (C=O) groups excluding carboxylic acids is 3. The molecule has 1 aliphatic heterocycles. The molecular weight excluding hydrogens is 495 g/mol. The second-order valence-electron chi connectivity index (χ2n) is 8.24. The van der Waals surface area contributed by atoms with Crippen molar-refractivity contribution in [1.29, 1.82) is 0 Å². The summed E-state index contributed by atoms with van der Waals surface area (Å²) in [7, 11) is 0. The monoisotopic (exact) mass is 520 g/mol. The maximum atomic E-state index is 13.1. The van der Waals surface area contributed by atoms with E-state index < -0.39 is 17.1 Å². The summed E-state index contributed by atoms with van der Waals surface area (Å²) in [5, 5.41) is 2.18. The average Bonchev–Trinajstić information content (AvgIpc) is 3.13. The number of rotatable bonds is 9. The summed E-state index contributed by atoms with van der Waals surface area (Å²) in [4.78, 5) is 38.9. The smallest absolute Gasteiger partial charge is 0.294 e. The number of hydrogen-bond donors (Lipinski definition) is 1. The average molecular weight is 521 g/mol. The first-order valence-corrected chi connectivity index (χ1v) is 12.4. The largest absolute Gasteiger partial charge is 0.490 e. The zero-order chi connectivity index (χ0) is 26.4. The summed E-state index contributed by atoms with van der Waals surface area (Å²) in [6.07, 6.45) is 1.58. The van der Waals surface area contributed by atoms with Gasteiger partial charge in [-0.25, -0.2) is 4.39 Å². The van der Waals surface area contributed by atoms with Crippen LogP contribution in [-0.4, -0.2) is 35.1 Å². The van der Waals surface area contributed by atoms with Crippen LogP contribution in [0.2, 0.25) is 0 Å². The van der Waals surface area contributed by atoms with Crippen molar-refractivity contribution in [3.63, 3.8) is 0 Å². The van der Waals surface area contributed by atoms with E-state index in [9.17, 15) is 18.8 Å². The molecule has 1 saturated heterocycles. The minimum Gasteiger partial charge on any atom is -0.490 e. The topological polar surface area (TPSA) is 84.9 Å². The molecule has 1 N–H and O–H groups in total. The van der Waals surface area contributed by atoms with E-state index in [4.69, 9.17) is 9.47 Å². The zero-order valence-corrected chi connectivity index (χ0v) is 21.1. The second kappa shape index (κ2) is 11.7. The van der Waals surface area contributed by atoms with Gasteiger partial charge in [0, 0.05) is 5.69 Å². The van der Waals surface area contributed by atoms with Gasteiger partial charge in [-0.3, -0.25) is 19.3 Å². The molecule has 37 heavy (non-hydrogen) atoms. The Morgan fingerprint density at radius 2 is 1.73 bits per heavy atom. The fraction of sp³-hybridized carbons (Fsp3) is 0.179. The molecule has 0 bridgehead atoms. The van der Waals surface area contributed by atoms with E-state index in [1.54, 1.807) is 48.5 Å². The van der Waals surface area contributed by atoms with E-state index in [1.165, 1.54) is 12.1 Å². The predicted molar refractivity (Wildman–Crippen MR) is 141 cm³/mol. The highest BCUT2D eigenvalue weighted by Gasteiger charge is 2.36. The van der Waals surface area contributed by atoms with Gasteiger partial charge in [0.05, 0.1) is 11.5 Å². The molecule has 9 heteroatoms. The van der Waals surface area contributed by atoms with Gasteiger partial charge in [0.1, 0.15) is 19.0 Å². The molecule has 4 rings (SSSR count). The minimum atomic E-state index is -0.538. The van der Waals surface area contributed by atoms with E-state index in [2.05, 4.69) is 5.32 Å². The molecule has 0 atom stereocenters. The number of thioether (sulfide) groups is 1. The molecule has 0 spiro atoms. The molecule has 3 aromatic rings. The molecule has 3 aromatic carbocycles. The van der Waals surface area contributed by atoms with Gasteiger partial charge in [-0.05, 0) is 79.2 Å². The predicted octanol–water partition coefficient (Wildman–Crippen LogP) is 5.79. The molecule has 0 radical (unpaired) electrons. The van der Waals surface area contributed by atoms with Crippen molar-refractivity contribution in [2.75, 3.05) is 18.5 Å². The van der Waals surface area contributed by atoms with Crippen molar-refractivity contribution >= 4 is 40.6 Å². The number of nitrogens with one attached hydrogen (secondary N) is 1. The van der Waals surface area contributed by atoms with Crippen LogP contribution in [0.15, 0.2) is 71.6 Å². The number of imide groups is 1. The molecule has 0 aliphatic carbocycles. The number of carbonyl (C=O) groups is 3. The summed E-state index contributed by atoms with van der Waals surface area (Å²) in [5.41, 5.74) is 3.07. The van der Waals surface area contributed by atoms with Crippen LogP contribution < -0.4 is 14.8 Å². The second-order valence-corrected chi connectivity index (χ2v) is 9.23. The molecular formula is C28H25FN2O5S. The van der Waals surface area contributed by atoms with E-state index in [0.29, 0.717) is 29.4 Å². The Morgan fingerprint density at radius 3 is 2.43 bits per heavy atom. The third-order valence-corrected chi connectivity index (χ3v) is 6.29. The van der Waals surface area contributed by atoms with Crippen LogP contribution in [-0.2, 0) is 16.2 Å². The molecule has 0 unspecified atom stereocenters. The Morgan fingerprint density at radius 1 is 1.00 bits per heavy atom. The lowest BCUT2D eigenvalue weighted by Gasteiger charge is -2.13. The first kappa shape index (κ1) is 26.0. The van der Waals surface area contributed by atoms with Gasteiger partial charge in [0.15, 0.2) is 11.5 Å². The van der Waals surface area contributed by atoms with Gasteiger partial charge in [0.25, 0.3) is 11.1 Å². The zero-order valence-electron chi connectivity index (χ0n) is 20.3. The van der Waals surface area contributed by atoms with Gasteiger partial charge in [-0.15, -0.1) is 0 Å². The Labute approximate surface area is 218 Å². The summed E-state index contributed by atoms with van der Waals surface area (Å²) in [5.74, 6) is -0.365. The molecule has 0 aromatic heterocycles. The Balaban J connectivity index is 1.44. The van der Waals surface area contributed by atoms with Crippen LogP contribution in [0.1, 0.15) is 23.6 Å². The lowest BCUT2D eigenvalue weighted by Crippen LogP contribution is -2.36. The van der Waals surface area contributed by atoms with Gasteiger partial charge in [0.2, 0.25) is 5.91 Å². The maximum absolute atomic E-state index is 13.1. The van der Waals surface area contributed by atoms with E-state index in [1.807, 2.05) is 26.0 Å². The first-order valence-electron chi connectivity index (χ1n) is 11.6. The van der Waals surface area contributed by atoms with Crippen molar-refractivity contribution in [2.24, 2.45) is 0 Å². The summed E-state index contributed by atoms with van der Waals surface area (Å²) >= 11 is 0.775. The van der Waals surface area contributed by atoms with Gasteiger partial charge >= 0.3 is 0 Å². The number of halogens is 1. The molecule has 7 nitrogen and oxygen atoms in total. The molecule has 1 heterocycles. The summed E-state index contributed by atoms with van der Waals surface area (Å²) < 4.78 is 24.7. The molecule has 1 fully saturated rings. The van der Waals surface area contributed by atoms with E-state index >= 15 is 0 Å². The number of benzene rings is 3. The number of ether oxygens (including phenoxy) is 2. The lowest BCUT2D eigenvalue weighted by atomic mass is 10.1. The highest BCUT2D eigenvalue weighted by molar-refractivity contribution is 8.18. The quantitative estimate of drug-likeness (QED) is 0.360. The van der Waals surface area contributed by atoms with Crippen LogP contribution in [0, 0.1) is 12.7 Å². The number of anilines is 1. The summed E-state index contributed by atoms with van der Waals surface area (Å²) in [6, 6.07) is 18.4. The van der Waals surface area contributed by atoms with E-state index in [0.717, 1.165) is 27.8 Å². The fourth-order valence-electron chi connectivity index (χ4n) is 3.51. The lowest BCUT2D eigenvalue weighted by molar-refractivity contribution is -0.127.